The zero-order valence-electron chi connectivity index (χ0n) is 10.9. The molecule has 1 heterocycles. The van der Waals surface area contributed by atoms with E-state index in [-0.39, 0.29) is 0 Å². The molecule has 0 aromatic heterocycles. The van der Waals surface area contributed by atoms with Gasteiger partial charge in [0.25, 0.3) is 0 Å². The first-order valence-corrected chi connectivity index (χ1v) is 6.42. The largest absolute Gasteiger partial charge is 0.323 e. The van der Waals surface area contributed by atoms with Gasteiger partial charge in [-0.3, -0.25) is 4.90 Å². The molecule has 3 unspecified atom stereocenters. The predicted octanol–water partition coefficient (Wildman–Crippen LogP) is 2.69. The molecule has 0 amide bonds. The Morgan fingerprint density at radius 3 is 2.67 bits per heavy atom. The Morgan fingerprint density at radius 1 is 1.39 bits per heavy atom. The smallest absolute Gasteiger partial charge is 0.130 e. The number of hydrogen-bond donors (Lipinski definition) is 1. The van der Waals surface area contributed by atoms with Crippen LogP contribution in [0.5, 0.6) is 0 Å². The van der Waals surface area contributed by atoms with Gasteiger partial charge in [-0.25, -0.2) is 8.78 Å². The number of hydrogen-bond acceptors (Lipinski definition) is 2. The van der Waals surface area contributed by atoms with E-state index in [1.807, 2.05) is 0 Å². The maximum atomic E-state index is 13.6. The molecule has 1 aromatic rings. The van der Waals surface area contributed by atoms with Crippen LogP contribution in [0.1, 0.15) is 31.9 Å². The fourth-order valence-corrected chi connectivity index (χ4v) is 2.79. The summed E-state index contributed by atoms with van der Waals surface area (Å²) in [5.41, 5.74) is 6.42. The Balaban J connectivity index is 2.05. The van der Waals surface area contributed by atoms with Crippen molar-refractivity contribution >= 4 is 0 Å². The van der Waals surface area contributed by atoms with Crippen molar-refractivity contribution in [3.8, 4) is 0 Å². The van der Waals surface area contributed by atoms with Crippen molar-refractivity contribution in [2.75, 3.05) is 13.1 Å². The SMILES string of the molecule is CC1CC(C)N(CC(N)c2ccc(F)cc2F)C1. The molecule has 1 aromatic carbocycles. The highest BCUT2D eigenvalue weighted by atomic mass is 19.1. The quantitative estimate of drug-likeness (QED) is 0.898. The number of benzene rings is 1. The minimum atomic E-state index is -0.563. The van der Waals surface area contributed by atoms with Crippen LogP contribution in [0.3, 0.4) is 0 Å². The summed E-state index contributed by atoms with van der Waals surface area (Å²) in [5, 5.41) is 0. The van der Waals surface area contributed by atoms with Gasteiger partial charge in [-0.05, 0) is 25.3 Å². The van der Waals surface area contributed by atoms with Crippen LogP contribution in [0.4, 0.5) is 8.78 Å². The van der Waals surface area contributed by atoms with Crippen LogP contribution in [0.25, 0.3) is 0 Å². The number of nitrogens with zero attached hydrogens (tertiary/aromatic N) is 1. The first-order chi connectivity index (χ1) is 8.47. The summed E-state index contributed by atoms with van der Waals surface area (Å²) in [7, 11) is 0. The average molecular weight is 254 g/mol. The maximum absolute atomic E-state index is 13.6. The molecule has 100 valence electrons. The third-order valence-electron chi connectivity index (χ3n) is 3.71. The number of likely N-dealkylation sites (tertiary alicyclic amines) is 1. The van der Waals surface area contributed by atoms with Crippen LogP contribution in [0.2, 0.25) is 0 Å². The van der Waals surface area contributed by atoms with Gasteiger partial charge in [-0.15, -0.1) is 0 Å². The standard InChI is InChI=1S/C14H20F2N2/c1-9-5-10(2)18(7-9)8-14(17)12-4-3-11(15)6-13(12)16/h3-4,6,9-10,14H,5,7-8,17H2,1-2H3. The molecular formula is C14H20F2N2. The van der Waals surface area contributed by atoms with Gasteiger partial charge < -0.3 is 5.73 Å². The second-order valence-corrected chi connectivity index (χ2v) is 5.42. The van der Waals surface area contributed by atoms with E-state index in [0.717, 1.165) is 19.0 Å². The van der Waals surface area contributed by atoms with Gasteiger partial charge in [0.05, 0.1) is 0 Å². The Bertz CT molecular complexity index is 422. The first kappa shape index (κ1) is 13.4. The zero-order valence-corrected chi connectivity index (χ0v) is 10.9. The average Bonchev–Trinajstić information content (AvgIpc) is 2.57. The minimum Gasteiger partial charge on any atom is -0.323 e. The van der Waals surface area contributed by atoms with Gasteiger partial charge in [0.2, 0.25) is 0 Å². The molecule has 2 nitrogen and oxygen atoms in total. The van der Waals surface area contributed by atoms with E-state index in [0.29, 0.717) is 24.1 Å². The molecule has 2 N–H and O–H groups in total. The van der Waals surface area contributed by atoms with Crippen molar-refractivity contribution in [2.24, 2.45) is 11.7 Å². The van der Waals surface area contributed by atoms with Crippen molar-refractivity contribution in [2.45, 2.75) is 32.4 Å². The van der Waals surface area contributed by atoms with E-state index in [1.165, 1.54) is 12.1 Å². The molecule has 1 aliphatic rings. The molecule has 0 radical (unpaired) electrons. The fraction of sp³-hybridized carbons (Fsp3) is 0.571. The molecule has 1 saturated heterocycles. The lowest BCUT2D eigenvalue weighted by Crippen LogP contribution is -2.35. The van der Waals surface area contributed by atoms with Crippen molar-refractivity contribution in [1.82, 2.24) is 4.90 Å². The summed E-state index contributed by atoms with van der Waals surface area (Å²) in [6.45, 7) is 5.99. The first-order valence-electron chi connectivity index (χ1n) is 6.42. The normalized spacial score (nSPS) is 26.5. The van der Waals surface area contributed by atoms with Crippen LogP contribution in [0, 0.1) is 17.6 Å². The minimum absolute atomic E-state index is 0.392. The van der Waals surface area contributed by atoms with Crippen molar-refractivity contribution in [3.63, 3.8) is 0 Å². The van der Waals surface area contributed by atoms with Gasteiger partial charge in [0.15, 0.2) is 0 Å². The number of rotatable bonds is 3. The third-order valence-corrected chi connectivity index (χ3v) is 3.71. The molecule has 0 saturated carbocycles. The summed E-state index contributed by atoms with van der Waals surface area (Å²) < 4.78 is 26.4. The summed E-state index contributed by atoms with van der Waals surface area (Å²) in [6.07, 6.45) is 1.15. The van der Waals surface area contributed by atoms with Gasteiger partial charge in [0, 0.05) is 36.8 Å². The highest BCUT2D eigenvalue weighted by molar-refractivity contribution is 5.22. The van der Waals surface area contributed by atoms with Gasteiger partial charge in [-0.2, -0.15) is 0 Å². The van der Waals surface area contributed by atoms with E-state index in [1.54, 1.807) is 0 Å². The van der Waals surface area contributed by atoms with E-state index < -0.39 is 17.7 Å². The topological polar surface area (TPSA) is 29.3 Å². The highest BCUT2D eigenvalue weighted by Crippen LogP contribution is 2.25. The molecule has 2 rings (SSSR count). The van der Waals surface area contributed by atoms with E-state index in [2.05, 4.69) is 18.7 Å². The summed E-state index contributed by atoms with van der Waals surface area (Å²) in [6, 6.07) is 3.67. The molecule has 4 heteroatoms. The third kappa shape index (κ3) is 2.87. The zero-order chi connectivity index (χ0) is 13.3. The summed E-state index contributed by atoms with van der Waals surface area (Å²) in [4.78, 5) is 2.28. The lowest BCUT2D eigenvalue weighted by molar-refractivity contribution is 0.247. The van der Waals surface area contributed by atoms with Crippen LogP contribution in [-0.4, -0.2) is 24.0 Å². The Kier molecular flexibility index (Phi) is 3.97. The van der Waals surface area contributed by atoms with E-state index in [9.17, 15) is 8.78 Å². The molecule has 0 aliphatic carbocycles. The van der Waals surface area contributed by atoms with Gasteiger partial charge in [0.1, 0.15) is 11.6 Å². The molecule has 1 fully saturated rings. The number of halogens is 2. The van der Waals surface area contributed by atoms with Crippen LogP contribution < -0.4 is 5.73 Å². The maximum Gasteiger partial charge on any atom is 0.130 e. The van der Waals surface area contributed by atoms with Crippen molar-refractivity contribution in [1.29, 1.82) is 0 Å². The molecule has 0 bridgehead atoms. The van der Waals surface area contributed by atoms with Crippen molar-refractivity contribution < 1.29 is 8.78 Å². The second-order valence-electron chi connectivity index (χ2n) is 5.42. The van der Waals surface area contributed by atoms with Crippen molar-refractivity contribution in [3.05, 3.63) is 35.4 Å². The fourth-order valence-electron chi connectivity index (χ4n) is 2.79. The predicted molar refractivity (Wildman–Crippen MR) is 68.1 cm³/mol. The Morgan fingerprint density at radius 2 is 2.11 bits per heavy atom. The molecule has 0 spiro atoms. The Labute approximate surface area is 107 Å². The lowest BCUT2D eigenvalue weighted by Gasteiger charge is -2.25. The van der Waals surface area contributed by atoms with Crippen LogP contribution in [-0.2, 0) is 0 Å². The monoisotopic (exact) mass is 254 g/mol. The Hall–Kier alpha value is -1.00. The molecular weight excluding hydrogens is 234 g/mol. The molecule has 18 heavy (non-hydrogen) atoms. The number of nitrogens with two attached hydrogens (primary N) is 1. The summed E-state index contributed by atoms with van der Waals surface area (Å²) >= 11 is 0. The summed E-state index contributed by atoms with van der Waals surface area (Å²) in [5.74, 6) is -0.459. The lowest BCUT2D eigenvalue weighted by atomic mass is 10.1. The van der Waals surface area contributed by atoms with E-state index >= 15 is 0 Å². The second kappa shape index (κ2) is 5.33. The molecule has 3 atom stereocenters. The van der Waals surface area contributed by atoms with Gasteiger partial charge in [-0.1, -0.05) is 13.0 Å². The molecule has 1 aliphatic heterocycles. The van der Waals surface area contributed by atoms with E-state index in [4.69, 9.17) is 5.73 Å². The van der Waals surface area contributed by atoms with Crippen LogP contribution in [0.15, 0.2) is 18.2 Å². The van der Waals surface area contributed by atoms with Crippen LogP contribution >= 0.6 is 0 Å². The highest BCUT2D eigenvalue weighted by Gasteiger charge is 2.28. The van der Waals surface area contributed by atoms with Gasteiger partial charge >= 0.3 is 0 Å².